The zero-order valence-corrected chi connectivity index (χ0v) is 5.43. The van der Waals surface area contributed by atoms with Gasteiger partial charge in [0.25, 0.3) is 0 Å². The summed E-state index contributed by atoms with van der Waals surface area (Å²) >= 11 is 0. The molecule has 0 bridgehead atoms. The highest BCUT2D eigenvalue weighted by Crippen LogP contribution is 2.26. The van der Waals surface area contributed by atoms with Crippen molar-refractivity contribution in [2.75, 3.05) is 12.9 Å². The third-order valence-corrected chi connectivity index (χ3v) is 3.14. The van der Waals surface area contributed by atoms with E-state index in [0.717, 1.165) is 7.78 Å². The van der Waals surface area contributed by atoms with Crippen LogP contribution in [0.3, 0.4) is 0 Å². The Kier molecular flexibility index (Phi) is 3.24. The van der Waals surface area contributed by atoms with Crippen LogP contribution in [0.5, 0.6) is 0 Å². The van der Waals surface area contributed by atoms with Crippen molar-refractivity contribution in [3.63, 3.8) is 0 Å². The first-order chi connectivity index (χ1) is 2.27. The fourth-order valence-corrected chi connectivity index (χ4v) is 0. The Balaban J connectivity index is 2.85. The van der Waals surface area contributed by atoms with Crippen LogP contribution in [0.25, 0.3) is 0 Å². The first-order valence-electron chi connectivity index (χ1n) is 1.40. The third kappa shape index (κ3) is 4.65. The van der Waals surface area contributed by atoms with Crippen molar-refractivity contribution in [2.45, 2.75) is 0 Å². The third-order valence-electron chi connectivity index (χ3n) is 0.348. The van der Waals surface area contributed by atoms with Gasteiger partial charge in [0.15, 0.2) is 0 Å². The topological polar surface area (TPSA) is 0 Å². The summed E-state index contributed by atoms with van der Waals surface area (Å²) < 4.78 is 0. The van der Waals surface area contributed by atoms with Gasteiger partial charge in [-0.15, -0.1) is 0 Å². The maximum absolute atomic E-state index is 3.80. The summed E-state index contributed by atoms with van der Waals surface area (Å²) in [5, 5.41) is 0. The molecule has 0 fully saturated rings. The van der Waals surface area contributed by atoms with E-state index in [1.807, 2.05) is 0 Å². The average Bonchev–Trinajstić information content (AvgIpc) is 1.38. The molecule has 0 aromatic carbocycles. The molecule has 0 saturated heterocycles. The highest BCUT2D eigenvalue weighted by molar-refractivity contribution is 8.58. The van der Waals surface area contributed by atoms with E-state index in [9.17, 15) is 0 Å². The Morgan fingerprint density at radius 3 is 2.00 bits per heavy atom. The van der Waals surface area contributed by atoms with E-state index in [0.29, 0.717) is 10.1 Å². The van der Waals surface area contributed by atoms with Crippen LogP contribution in [0.4, 0.5) is 0 Å². The van der Waals surface area contributed by atoms with Crippen LogP contribution in [0.15, 0.2) is 0 Å². The second-order valence-corrected chi connectivity index (χ2v) is 5.84. The zero-order valence-electron chi connectivity index (χ0n) is 3.62. The molecule has 0 aliphatic carbocycles. The molecule has 0 amide bonds. The largest absolute Gasteiger partial charge is 0.176 e. The highest BCUT2D eigenvalue weighted by Gasteiger charge is 1.63. The van der Waals surface area contributed by atoms with E-state index in [1.165, 1.54) is 0 Å². The van der Waals surface area contributed by atoms with Crippen molar-refractivity contribution in [1.29, 1.82) is 0 Å². The molecule has 2 atom stereocenters. The van der Waals surface area contributed by atoms with Gasteiger partial charge in [-0.05, 0) is 12.9 Å². The Bertz CT molecular complexity index is 42.2. The van der Waals surface area contributed by atoms with Gasteiger partial charge in [-0.2, -0.15) is 10.1 Å². The predicted molar refractivity (Wildman–Crippen MR) is 34.9 cm³/mol. The average molecular weight is 108 g/mol. The lowest BCUT2D eigenvalue weighted by Crippen LogP contribution is -1.38. The van der Waals surface area contributed by atoms with Crippen LogP contribution >= 0.6 is 17.9 Å². The van der Waals surface area contributed by atoms with Gasteiger partial charge in [0, 0.05) is 0 Å². The molecule has 0 rings (SSSR count). The number of rotatable bonds is 1. The Morgan fingerprint density at radius 1 is 1.80 bits per heavy atom. The minimum absolute atomic E-state index is 0.455. The van der Waals surface area contributed by atoms with E-state index < -0.39 is 0 Å². The Hall–Kier alpha value is 0.650. The lowest BCUT2D eigenvalue weighted by Gasteiger charge is -1.84. The lowest BCUT2D eigenvalue weighted by molar-refractivity contribution is 2.48. The highest BCUT2D eigenvalue weighted by atomic mass is 32.7. The fraction of sp³-hybridized carbons (Fsp3) is 0.667. The molecule has 0 spiro atoms. The first-order valence-corrected chi connectivity index (χ1v) is 5.43. The van der Waals surface area contributed by atoms with Crippen molar-refractivity contribution >= 4 is 23.8 Å². The molecule has 0 saturated carbocycles. The van der Waals surface area contributed by atoms with Crippen LogP contribution in [-0.4, -0.2) is 18.8 Å². The Morgan fingerprint density at radius 2 is 2.00 bits per heavy atom. The smallest absolute Gasteiger partial charge is 0.0203 e. The van der Waals surface area contributed by atoms with Gasteiger partial charge in [0.1, 0.15) is 0 Å². The fourth-order valence-electron chi connectivity index (χ4n) is 0. The van der Waals surface area contributed by atoms with E-state index in [2.05, 4.69) is 18.8 Å². The molecule has 0 heterocycles. The summed E-state index contributed by atoms with van der Waals surface area (Å²) in [6.45, 7) is 2.18. The van der Waals surface area contributed by atoms with Crippen molar-refractivity contribution in [3.8, 4) is 0 Å². The maximum atomic E-state index is 3.80. The summed E-state index contributed by atoms with van der Waals surface area (Å²) in [7, 11) is 1.49. The SMILES string of the molecule is C=S(C)PC. The molecule has 0 N–H and O–H groups in total. The minimum atomic E-state index is 0.455. The number of hydrogen-bond acceptors (Lipinski definition) is 0. The van der Waals surface area contributed by atoms with E-state index in [4.69, 9.17) is 0 Å². The Labute approximate surface area is 37.4 Å². The van der Waals surface area contributed by atoms with E-state index >= 15 is 0 Å². The molecule has 5 heavy (non-hydrogen) atoms. The minimum Gasteiger partial charge on any atom is -0.176 e. The summed E-state index contributed by atoms with van der Waals surface area (Å²) in [4.78, 5) is 0. The van der Waals surface area contributed by atoms with Gasteiger partial charge < -0.3 is 0 Å². The summed E-state index contributed by atoms with van der Waals surface area (Å²) in [6, 6.07) is 0. The van der Waals surface area contributed by atoms with Gasteiger partial charge in [-0.3, -0.25) is 0 Å². The van der Waals surface area contributed by atoms with Gasteiger partial charge in [-0.1, -0.05) is 13.7 Å². The van der Waals surface area contributed by atoms with Crippen molar-refractivity contribution in [1.82, 2.24) is 0 Å². The monoisotopic (exact) mass is 108 g/mol. The summed E-state index contributed by atoms with van der Waals surface area (Å²) in [5.41, 5.74) is 0. The molecule has 0 radical (unpaired) electrons. The van der Waals surface area contributed by atoms with Crippen LogP contribution < -0.4 is 0 Å². The number of hydrogen-bond donors (Lipinski definition) is 0. The summed E-state index contributed by atoms with van der Waals surface area (Å²) in [6.07, 6.45) is 2.15. The van der Waals surface area contributed by atoms with Gasteiger partial charge in [-0.25, -0.2) is 0 Å². The van der Waals surface area contributed by atoms with Crippen LogP contribution in [0, 0.1) is 0 Å². The molecule has 2 heteroatoms. The molecule has 2 unspecified atom stereocenters. The van der Waals surface area contributed by atoms with Crippen LogP contribution in [0.1, 0.15) is 0 Å². The maximum Gasteiger partial charge on any atom is -0.0203 e. The van der Waals surface area contributed by atoms with Crippen LogP contribution in [0.2, 0.25) is 0 Å². The van der Waals surface area contributed by atoms with Gasteiger partial charge in [0.2, 0.25) is 0 Å². The second-order valence-electron chi connectivity index (χ2n) is 0.841. The summed E-state index contributed by atoms with van der Waals surface area (Å²) in [5.74, 6) is 3.80. The molecule has 32 valence electrons. The second kappa shape index (κ2) is 2.87. The van der Waals surface area contributed by atoms with E-state index in [-0.39, 0.29) is 0 Å². The molecule has 0 aliphatic rings. The predicted octanol–water partition coefficient (Wildman–Crippen LogP) is 1.54. The molecule has 0 aromatic heterocycles. The van der Waals surface area contributed by atoms with Gasteiger partial charge in [0.05, 0.1) is 0 Å². The van der Waals surface area contributed by atoms with Crippen molar-refractivity contribution < 1.29 is 0 Å². The molecule has 0 aliphatic heterocycles. The molecular weight excluding hydrogens is 99.1 g/mol. The van der Waals surface area contributed by atoms with Crippen molar-refractivity contribution in [2.24, 2.45) is 0 Å². The lowest BCUT2D eigenvalue weighted by atomic mass is 11.9. The first kappa shape index (κ1) is 5.65. The standard InChI is InChI=1S/C3H9PS/c1-4-5(2)3/h4H,2H2,1,3H3. The van der Waals surface area contributed by atoms with Gasteiger partial charge >= 0.3 is 0 Å². The molecule has 0 nitrogen and oxygen atoms in total. The normalized spacial score (nSPS) is 17.2. The van der Waals surface area contributed by atoms with Crippen LogP contribution in [-0.2, 0) is 0 Å². The van der Waals surface area contributed by atoms with E-state index in [1.54, 1.807) is 0 Å². The van der Waals surface area contributed by atoms with Crippen molar-refractivity contribution in [3.05, 3.63) is 0 Å². The molecule has 0 aromatic rings. The quantitative estimate of drug-likeness (QED) is 0.353. The molecular formula is C3H9PS. The zero-order chi connectivity index (χ0) is 4.28.